The van der Waals surface area contributed by atoms with Gasteiger partial charge in [-0.1, -0.05) is 73.8 Å². The molecule has 0 spiro atoms. The van der Waals surface area contributed by atoms with Crippen molar-refractivity contribution in [3.8, 4) is 0 Å². The van der Waals surface area contributed by atoms with Crippen LogP contribution < -0.4 is 5.73 Å². The van der Waals surface area contributed by atoms with Crippen LogP contribution in [0, 0.1) is 3.57 Å². The quantitative estimate of drug-likeness (QED) is 0.0456. The van der Waals surface area contributed by atoms with Crippen LogP contribution in [0.25, 0.3) is 6.08 Å². The van der Waals surface area contributed by atoms with Gasteiger partial charge >= 0.3 is 61.3 Å². The third kappa shape index (κ3) is 26.5. The van der Waals surface area contributed by atoms with Crippen molar-refractivity contribution in [3.05, 3.63) is 205 Å². The maximum absolute atomic E-state index is 13.4. The van der Waals surface area contributed by atoms with Crippen molar-refractivity contribution in [1.82, 2.24) is 0 Å². The number of carboxylic acids is 2. The van der Waals surface area contributed by atoms with Crippen LogP contribution in [-0.4, -0.2) is 57.5 Å². The van der Waals surface area contributed by atoms with Crippen molar-refractivity contribution in [3.63, 3.8) is 0 Å². The molecular formula is C54H37ClF24INO7. The van der Waals surface area contributed by atoms with Crippen molar-refractivity contribution in [2.45, 2.75) is 80.1 Å². The minimum absolute atomic E-state index is 0.273. The topological polar surface area (TPSA) is 152 Å². The Kier molecular flexibility index (Phi) is 28.3. The average molecular weight is 1430 g/mol. The number of benzene rings is 5. The van der Waals surface area contributed by atoms with E-state index in [1.807, 2.05) is 0 Å². The molecule has 8 nitrogen and oxygen atoms in total. The summed E-state index contributed by atoms with van der Waals surface area (Å²) in [6.45, 7) is 6.13. The van der Waals surface area contributed by atoms with Crippen LogP contribution in [0.5, 0.6) is 0 Å². The third-order valence-corrected chi connectivity index (χ3v) is 11.5. The van der Waals surface area contributed by atoms with E-state index in [4.69, 9.17) is 27.5 Å². The van der Waals surface area contributed by atoms with Crippen LogP contribution in [0.1, 0.15) is 102 Å². The molecule has 88 heavy (non-hydrogen) atoms. The number of rotatable bonds is 13. The molecule has 0 aliphatic carbocycles. The number of hydrogen-bond donors (Lipinski definition) is 3. The molecule has 0 aromatic heterocycles. The van der Waals surface area contributed by atoms with Crippen LogP contribution in [0.15, 0.2) is 141 Å². The van der Waals surface area contributed by atoms with E-state index in [9.17, 15) is 129 Å². The Morgan fingerprint density at radius 3 is 1.12 bits per heavy atom. The second-order valence-electron chi connectivity index (χ2n) is 17.1. The predicted octanol–water partition coefficient (Wildman–Crippen LogP) is 18.5. The third-order valence-electron chi connectivity index (χ3n) is 10.7. The van der Waals surface area contributed by atoms with E-state index in [1.54, 1.807) is 22.6 Å². The summed E-state index contributed by atoms with van der Waals surface area (Å²) in [5, 5.41) is 16.9. The Bertz CT molecular complexity index is 3270. The van der Waals surface area contributed by atoms with Crippen molar-refractivity contribution in [2.24, 2.45) is 5.73 Å². The highest BCUT2D eigenvalue weighted by Crippen LogP contribution is 2.43. The van der Waals surface area contributed by atoms with E-state index < -0.39 is 165 Å². The van der Waals surface area contributed by atoms with Gasteiger partial charge in [0.2, 0.25) is 5.24 Å². The van der Waals surface area contributed by atoms with Gasteiger partial charge < -0.3 is 15.9 Å². The first-order chi connectivity index (χ1) is 39.8. The molecule has 5 rings (SSSR count). The molecule has 4 N–H and O–H groups in total. The summed E-state index contributed by atoms with van der Waals surface area (Å²) in [5.74, 6) is -10.4. The number of allylic oxidation sites excluding steroid dienone is 3. The lowest BCUT2D eigenvalue weighted by atomic mass is 9.91. The Morgan fingerprint density at radius 1 is 0.466 bits per heavy atom. The zero-order chi connectivity index (χ0) is 68.5. The molecule has 0 aliphatic heterocycles. The van der Waals surface area contributed by atoms with Crippen molar-refractivity contribution in [2.75, 3.05) is 0 Å². The van der Waals surface area contributed by atoms with Gasteiger partial charge in [-0.25, -0.2) is 9.59 Å². The Hall–Kier alpha value is -7.43. The summed E-state index contributed by atoms with van der Waals surface area (Å²) in [6.07, 6.45) is -37.9. The van der Waals surface area contributed by atoms with Gasteiger partial charge in [-0.15, -0.1) is 0 Å². The molecule has 0 saturated heterocycles. The molecule has 0 amide bonds. The minimum atomic E-state index is -5.08. The summed E-state index contributed by atoms with van der Waals surface area (Å²) in [4.78, 5) is 54.0. The first-order valence-electron chi connectivity index (χ1n) is 23.0. The fraction of sp³-hybridized carbons (Fsp3) is 0.241. The molecule has 5 aromatic rings. The van der Waals surface area contributed by atoms with Crippen LogP contribution >= 0.6 is 34.2 Å². The number of hydrogen-bond acceptors (Lipinski definition) is 6. The summed E-state index contributed by atoms with van der Waals surface area (Å²) in [5.41, 5.74) is -5.63. The molecule has 0 radical (unpaired) electrons. The highest BCUT2D eigenvalue weighted by molar-refractivity contribution is 14.1. The highest BCUT2D eigenvalue weighted by Gasteiger charge is 2.45. The summed E-state index contributed by atoms with van der Waals surface area (Å²) < 4.78 is 304. The van der Waals surface area contributed by atoms with Crippen LogP contribution in [0.2, 0.25) is 0 Å². The smallest absolute Gasteiger partial charge is 0.417 e. The number of alkyl halides is 24. The molecule has 3 unspecified atom stereocenters. The molecule has 0 heterocycles. The number of carbonyl (C=O) groups is 5. The zero-order valence-corrected chi connectivity index (χ0v) is 46.0. The largest absolute Gasteiger partial charge is 0.478 e. The van der Waals surface area contributed by atoms with E-state index in [0.29, 0.717) is 58.2 Å². The van der Waals surface area contributed by atoms with Crippen LogP contribution in [-0.2, 0) is 45.3 Å². The van der Waals surface area contributed by atoms with E-state index in [2.05, 4.69) is 13.2 Å². The predicted molar refractivity (Wildman–Crippen MR) is 274 cm³/mol. The van der Waals surface area contributed by atoms with Gasteiger partial charge in [0, 0.05) is 16.4 Å². The first-order valence-corrected chi connectivity index (χ1v) is 24.4. The van der Waals surface area contributed by atoms with Crippen LogP contribution in [0.3, 0.4) is 0 Å². The number of carbonyl (C=O) groups excluding carboxylic acids is 3. The van der Waals surface area contributed by atoms with E-state index in [0.717, 1.165) is 66.7 Å². The van der Waals surface area contributed by atoms with Gasteiger partial charge in [-0.2, -0.15) is 105 Å². The number of aromatic carboxylic acids is 2. The number of carboxylic acid groups (broad SMARTS) is 2. The lowest BCUT2D eigenvalue weighted by molar-refractivity contribution is -0.156. The molecule has 0 bridgehead atoms. The molecule has 34 heteroatoms. The molecular weight excluding hydrogens is 1390 g/mol. The average Bonchev–Trinajstić information content (AvgIpc) is 3.36. The monoisotopic (exact) mass is 1430 g/mol. The Morgan fingerprint density at radius 2 is 0.807 bits per heavy atom. The maximum Gasteiger partial charge on any atom is 0.417 e. The Balaban J connectivity index is 0.000000604. The van der Waals surface area contributed by atoms with Gasteiger partial charge in [-0.05, 0) is 129 Å². The second-order valence-corrected chi connectivity index (χ2v) is 18.7. The summed E-state index contributed by atoms with van der Waals surface area (Å²) >= 11 is 6.40. The van der Waals surface area contributed by atoms with E-state index in [1.165, 1.54) is 6.07 Å². The molecule has 5 aromatic carbocycles. The number of halogens is 26. The van der Waals surface area contributed by atoms with Gasteiger partial charge in [0.25, 0.3) is 0 Å². The second kappa shape index (κ2) is 31.7. The fourth-order valence-corrected chi connectivity index (χ4v) is 7.06. The first kappa shape index (κ1) is 78.6. The fourth-order valence-electron chi connectivity index (χ4n) is 6.57. The SMILES string of the molecule is C=CC(=O)CC(c1cccc(C(F)(F)F)c1)C(F)(F)F.C=CC(=O)Cl.NC(c1cccc(C(F)(F)F)c1)C(F)(F)F.O=C(/C=C/c1ccc(C(=O)O)c(C(F)(F)F)c1)CC(c1cccc(C(F)(F)F)c1)C(F)(F)F.O=C(O)c1ccc(I)cc1C(F)(F)F. The normalized spacial score (nSPS) is 13.3. The van der Waals surface area contributed by atoms with Gasteiger partial charge in [0.1, 0.15) is 6.04 Å². The highest BCUT2D eigenvalue weighted by atomic mass is 127. The van der Waals surface area contributed by atoms with Crippen molar-refractivity contribution >= 4 is 69.0 Å². The van der Waals surface area contributed by atoms with Crippen molar-refractivity contribution < 1.29 is 140 Å². The van der Waals surface area contributed by atoms with Gasteiger partial charge in [-0.3, -0.25) is 14.4 Å². The lowest BCUT2D eigenvalue weighted by Gasteiger charge is -2.20. The molecule has 0 fully saturated rings. The van der Waals surface area contributed by atoms with E-state index >= 15 is 0 Å². The minimum Gasteiger partial charge on any atom is -0.478 e. The molecule has 0 aliphatic rings. The maximum atomic E-state index is 13.4. The number of ketones is 2. The van der Waals surface area contributed by atoms with Crippen LogP contribution in [0.4, 0.5) is 105 Å². The molecule has 3 atom stereocenters. The van der Waals surface area contributed by atoms with Gasteiger partial charge in [0.15, 0.2) is 11.6 Å². The standard InChI is InChI=1S/C21H13F9O3.C13H10F6O.C9H7F6N.C8H4F3IO2.C3H3ClO/c22-19(23,24)13-3-1-2-12(9-13)16(20(25,26)27)10-14(31)6-4-11-5-7-15(18(32)33)17(8-11)21(28,29)30;1-2-10(20)7-11(13(17,18)19)8-4-3-5-9(6-8)12(14,15)16;10-8(11,12)6-3-1-2-5(4-6)7(16)9(13,14)15;9-8(10,11)6-3-4(12)1-2-5(6)7(13)14;1-2-3(4)5/h1-9,16H,10H2,(H,32,33);2-6,11H,1,7H2;1-4,7H,16H2;1-3H,(H,13,14);2H,1H2/b6-4+;;;;. The lowest BCUT2D eigenvalue weighted by Crippen LogP contribution is -2.28. The van der Waals surface area contributed by atoms with E-state index in [-0.39, 0.29) is 11.6 Å². The number of nitrogens with two attached hydrogens (primary N) is 1. The zero-order valence-electron chi connectivity index (χ0n) is 43.1. The molecule has 0 saturated carbocycles. The molecule has 482 valence electrons. The van der Waals surface area contributed by atoms with Gasteiger partial charge in [0.05, 0.1) is 50.8 Å². The van der Waals surface area contributed by atoms with Crippen molar-refractivity contribution in [1.29, 1.82) is 0 Å². The Labute approximate surface area is 498 Å². The summed E-state index contributed by atoms with van der Waals surface area (Å²) in [7, 11) is 0. The summed E-state index contributed by atoms with van der Waals surface area (Å²) in [6, 6.07) is 10.8.